The lowest BCUT2D eigenvalue weighted by molar-refractivity contribution is -0.134. The number of hydrogen-bond donors (Lipinski definition) is 2. The number of rotatable bonds is 5. The minimum atomic E-state index is -1.32. The molecule has 4 amide bonds. The Morgan fingerprint density at radius 1 is 1.06 bits per heavy atom. The summed E-state index contributed by atoms with van der Waals surface area (Å²) < 4.78 is 22.5. The highest BCUT2D eigenvalue weighted by molar-refractivity contribution is 6.09. The van der Waals surface area contributed by atoms with Crippen LogP contribution in [0.4, 0.5) is 4.79 Å². The predicted octanol–water partition coefficient (Wildman–Crippen LogP) is 1.18. The van der Waals surface area contributed by atoms with Crippen LogP contribution in [0.5, 0.6) is 23.0 Å². The van der Waals surface area contributed by atoms with Gasteiger partial charge in [-0.25, -0.2) is 4.79 Å². The molecule has 3 heterocycles. The lowest BCUT2D eigenvalue weighted by atomic mass is 9.91. The molecular formula is C23H23N3O7. The molecule has 3 aliphatic heterocycles. The zero-order chi connectivity index (χ0) is 23.0. The van der Waals surface area contributed by atoms with E-state index in [2.05, 4.69) is 10.6 Å². The first-order chi connectivity index (χ1) is 15.9. The van der Waals surface area contributed by atoms with Gasteiger partial charge in [-0.15, -0.1) is 0 Å². The summed E-state index contributed by atoms with van der Waals surface area (Å²) in [7, 11) is 0. The fourth-order valence-corrected chi connectivity index (χ4v) is 3.98. The van der Waals surface area contributed by atoms with E-state index in [1.54, 1.807) is 37.3 Å². The quantitative estimate of drug-likeness (QED) is 0.654. The third-order valence-electron chi connectivity index (χ3n) is 5.79. The Bertz CT molecular complexity index is 1120. The molecule has 2 aromatic carbocycles. The predicted molar refractivity (Wildman–Crippen MR) is 114 cm³/mol. The van der Waals surface area contributed by atoms with Gasteiger partial charge in [0.15, 0.2) is 23.0 Å². The maximum atomic E-state index is 13.1. The van der Waals surface area contributed by atoms with E-state index in [4.69, 9.17) is 18.9 Å². The molecule has 2 aromatic rings. The number of fused-ring (bicyclic) bond motifs is 2. The summed E-state index contributed by atoms with van der Waals surface area (Å²) >= 11 is 0. The molecule has 0 saturated carbocycles. The number of hydrogen-bond acceptors (Lipinski definition) is 7. The molecule has 2 N–H and O–H groups in total. The molecule has 0 aliphatic carbocycles. The van der Waals surface area contributed by atoms with Crippen LogP contribution >= 0.6 is 0 Å². The normalized spacial score (nSPS) is 23.2. The van der Waals surface area contributed by atoms with Crippen LogP contribution in [0.2, 0.25) is 0 Å². The van der Waals surface area contributed by atoms with E-state index < -0.39 is 29.9 Å². The van der Waals surface area contributed by atoms with Gasteiger partial charge in [0.2, 0.25) is 5.91 Å². The molecular weight excluding hydrogens is 430 g/mol. The molecule has 0 spiro atoms. The second-order valence-corrected chi connectivity index (χ2v) is 8.11. The number of nitrogens with zero attached hydrogens (tertiary/aromatic N) is 1. The summed E-state index contributed by atoms with van der Waals surface area (Å²) in [4.78, 5) is 39.1. The number of urea groups is 1. The van der Waals surface area contributed by atoms with Gasteiger partial charge in [0.25, 0.3) is 5.91 Å². The second-order valence-electron chi connectivity index (χ2n) is 8.11. The third-order valence-corrected chi connectivity index (χ3v) is 5.79. The molecule has 10 nitrogen and oxygen atoms in total. The van der Waals surface area contributed by atoms with E-state index in [1.807, 2.05) is 12.1 Å². The summed E-state index contributed by atoms with van der Waals surface area (Å²) in [6.45, 7) is 2.50. The Morgan fingerprint density at radius 3 is 2.61 bits per heavy atom. The highest BCUT2D eigenvalue weighted by Crippen LogP contribution is 2.37. The lowest BCUT2D eigenvalue weighted by Gasteiger charge is -2.27. The summed E-state index contributed by atoms with van der Waals surface area (Å²) in [5.74, 6) is 1.34. The fraction of sp³-hybridized carbons (Fsp3) is 0.348. The Hall–Kier alpha value is -3.95. The van der Waals surface area contributed by atoms with Gasteiger partial charge >= 0.3 is 6.03 Å². The summed E-state index contributed by atoms with van der Waals surface area (Å²) in [6, 6.07) is 11.7. The van der Waals surface area contributed by atoms with Crippen molar-refractivity contribution in [2.24, 2.45) is 0 Å². The Kier molecular flexibility index (Phi) is 5.20. The third kappa shape index (κ3) is 3.88. The number of amides is 4. The van der Waals surface area contributed by atoms with Crippen LogP contribution in [0.25, 0.3) is 0 Å². The molecule has 10 heteroatoms. The van der Waals surface area contributed by atoms with Gasteiger partial charge < -0.3 is 29.6 Å². The topological polar surface area (TPSA) is 115 Å². The van der Waals surface area contributed by atoms with Crippen molar-refractivity contribution in [3.8, 4) is 23.0 Å². The molecule has 2 unspecified atom stereocenters. The van der Waals surface area contributed by atoms with Gasteiger partial charge in [0.1, 0.15) is 38.0 Å². The zero-order valence-corrected chi connectivity index (χ0v) is 18.0. The SMILES string of the molecule is CC1(c2ccc3c(c2)OCCO3)NC(=O)N(CC(=O)NCC2COc3ccccc3O2)C1=O. The van der Waals surface area contributed by atoms with Crippen LogP contribution in [0.15, 0.2) is 42.5 Å². The van der Waals surface area contributed by atoms with E-state index in [0.29, 0.717) is 41.8 Å². The van der Waals surface area contributed by atoms with E-state index in [0.717, 1.165) is 4.90 Å². The first-order valence-electron chi connectivity index (χ1n) is 10.6. The Labute approximate surface area is 189 Å². The van der Waals surface area contributed by atoms with Crippen molar-refractivity contribution in [3.05, 3.63) is 48.0 Å². The van der Waals surface area contributed by atoms with E-state index in [9.17, 15) is 14.4 Å². The average molecular weight is 453 g/mol. The van der Waals surface area contributed by atoms with Crippen LogP contribution in [-0.4, -0.2) is 61.8 Å². The minimum Gasteiger partial charge on any atom is -0.486 e. The maximum absolute atomic E-state index is 13.1. The van der Waals surface area contributed by atoms with Crippen molar-refractivity contribution in [1.82, 2.24) is 15.5 Å². The molecule has 0 bridgehead atoms. The minimum absolute atomic E-state index is 0.177. The summed E-state index contributed by atoms with van der Waals surface area (Å²) in [5.41, 5.74) is -0.781. The van der Waals surface area contributed by atoms with Crippen LogP contribution in [0.1, 0.15) is 12.5 Å². The summed E-state index contributed by atoms with van der Waals surface area (Å²) in [6.07, 6.45) is -0.380. The van der Waals surface area contributed by atoms with E-state index >= 15 is 0 Å². The monoisotopic (exact) mass is 453 g/mol. The molecule has 0 aromatic heterocycles. The number of carbonyl (C=O) groups excluding carboxylic acids is 3. The average Bonchev–Trinajstić information content (AvgIpc) is 3.06. The van der Waals surface area contributed by atoms with Gasteiger partial charge in [0.05, 0.1) is 6.54 Å². The molecule has 172 valence electrons. The van der Waals surface area contributed by atoms with E-state index in [-0.39, 0.29) is 19.3 Å². The zero-order valence-electron chi connectivity index (χ0n) is 18.0. The van der Waals surface area contributed by atoms with Crippen LogP contribution in [0, 0.1) is 0 Å². The van der Waals surface area contributed by atoms with Crippen molar-refractivity contribution in [1.29, 1.82) is 0 Å². The first kappa shape index (κ1) is 20.9. The summed E-state index contributed by atoms with van der Waals surface area (Å²) in [5, 5.41) is 5.40. The van der Waals surface area contributed by atoms with Crippen molar-refractivity contribution >= 4 is 17.8 Å². The van der Waals surface area contributed by atoms with Gasteiger partial charge in [-0.3, -0.25) is 14.5 Å². The van der Waals surface area contributed by atoms with Gasteiger partial charge in [0, 0.05) is 0 Å². The largest absolute Gasteiger partial charge is 0.486 e. The first-order valence-corrected chi connectivity index (χ1v) is 10.6. The van der Waals surface area contributed by atoms with Crippen molar-refractivity contribution in [2.45, 2.75) is 18.6 Å². The van der Waals surface area contributed by atoms with E-state index in [1.165, 1.54) is 0 Å². The van der Waals surface area contributed by atoms with Gasteiger partial charge in [-0.2, -0.15) is 0 Å². The maximum Gasteiger partial charge on any atom is 0.325 e. The molecule has 3 aliphatic rings. The number of ether oxygens (including phenoxy) is 4. The highest BCUT2D eigenvalue weighted by Gasteiger charge is 2.49. The Morgan fingerprint density at radius 2 is 1.79 bits per heavy atom. The molecule has 5 rings (SSSR count). The second kappa shape index (κ2) is 8.19. The Balaban J connectivity index is 1.21. The van der Waals surface area contributed by atoms with Gasteiger partial charge in [-0.1, -0.05) is 18.2 Å². The lowest BCUT2D eigenvalue weighted by Crippen LogP contribution is -2.46. The number of nitrogens with one attached hydrogen (secondary N) is 2. The molecule has 2 atom stereocenters. The number of benzene rings is 2. The van der Waals surface area contributed by atoms with Crippen molar-refractivity contribution in [3.63, 3.8) is 0 Å². The number of imide groups is 1. The fourth-order valence-electron chi connectivity index (χ4n) is 3.98. The van der Waals surface area contributed by atoms with Crippen molar-refractivity contribution in [2.75, 3.05) is 32.9 Å². The smallest absolute Gasteiger partial charge is 0.325 e. The van der Waals surface area contributed by atoms with Gasteiger partial charge in [-0.05, 0) is 36.8 Å². The standard InChI is InChI=1S/C23H23N3O7/c1-23(14-6-7-17-19(10-14)31-9-8-30-17)21(28)26(22(29)25-23)12-20(27)24-11-15-13-32-16-4-2-3-5-18(16)33-15/h2-7,10,15H,8-9,11-13H2,1H3,(H,24,27)(H,25,29). The number of para-hydroxylation sites is 2. The van der Waals surface area contributed by atoms with Crippen LogP contribution in [0.3, 0.4) is 0 Å². The number of carbonyl (C=O) groups is 3. The molecule has 0 radical (unpaired) electrons. The molecule has 1 saturated heterocycles. The van der Waals surface area contributed by atoms with Crippen LogP contribution < -0.4 is 29.6 Å². The van der Waals surface area contributed by atoms with Crippen LogP contribution in [-0.2, 0) is 15.1 Å². The highest BCUT2D eigenvalue weighted by atomic mass is 16.6. The molecule has 1 fully saturated rings. The van der Waals surface area contributed by atoms with Crippen molar-refractivity contribution < 1.29 is 33.3 Å². The molecule has 33 heavy (non-hydrogen) atoms.